The molecule has 0 saturated carbocycles. The number of imidazole rings is 1. The Kier molecular flexibility index (Phi) is 6.93. The number of hydrogen-bond acceptors (Lipinski definition) is 12. The zero-order valence-electron chi connectivity index (χ0n) is 17.6. The third kappa shape index (κ3) is 5.00. The van der Waals surface area contributed by atoms with Gasteiger partial charge in [-0.25, -0.2) is 19.7 Å². The molecule has 16 heteroatoms. The molecule has 2 aliphatic heterocycles. The largest absolute Gasteiger partial charge is 0.464 e. The highest BCUT2D eigenvalue weighted by Crippen LogP contribution is 2.43. The van der Waals surface area contributed by atoms with Gasteiger partial charge in [0.2, 0.25) is 0 Å². The Balaban J connectivity index is 1.50. The van der Waals surface area contributed by atoms with Gasteiger partial charge in [0.1, 0.15) is 17.8 Å². The number of aromatic nitrogens is 4. The molecule has 2 aromatic heterocycles. The molecule has 2 aromatic rings. The van der Waals surface area contributed by atoms with E-state index in [1.165, 1.54) is 13.3 Å². The fourth-order valence-corrected chi connectivity index (χ4v) is 4.24. The Labute approximate surface area is 187 Å². The number of aliphatic hydroxyl groups excluding tert-OH is 1. The first-order valence-corrected chi connectivity index (χ1v) is 11.9. The van der Waals surface area contributed by atoms with Crippen LogP contribution in [0.2, 0.25) is 0 Å². The molecule has 0 aromatic carbocycles. The predicted octanol–water partition coefficient (Wildman–Crippen LogP) is -1.24. The molecule has 182 valence electrons. The zero-order chi connectivity index (χ0) is 23.8. The molecule has 0 bridgehead atoms. The molecule has 0 amide bonds. The van der Waals surface area contributed by atoms with E-state index in [0.29, 0.717) is 30.1 Å². The zero-order valence-corrected chi connectivity index (χ0v) is 18.5. The molecule has 5 atom stereocenters. The first kappa shape index (κ1) is 23.9. The number of nitrogens with one attached hydrogen (secondary N) is 1. The van der Waals surface area contributed by atoms with Crippen LogP contribution in [0.1, 0.15) is 31.6 Å². The van der Waals surface area contributed by atoms with Gasteiger partial charge in [-0.1, -0.05) is 0 Å². The van der Waals surface area contributed by atoms with Gasteiger partial charge in [0.15, 0.2) is 23.5 Å². The monoisotopic (exact) mass is 488 g/mol. The second-order valence-electron chi connectivity index (χ2n) is 7.46. The van der Waals surface area contributed by atoms with Crippen LogP contribution in [0.25, 0.3) is 11.2 Å². The summed E-state index contributed by atoms with van der Waals surface area (Å²) in [4.78, 5) is 43.6. The number of carbonyl (C=O) groups is 1. The molecule has 33 heavy (non-hydrogen) atoms. The molecule has 2 saturated heterocycles. The molecule has 2 aliphatic rings. The molecule has 0 spiro atoms. The summed E-state index contributed by atoms with van der Waals surface area (Å²) in [6.45, 7) is 2.11. The quantitative estimate of drug-likeness (QED) is 0.217. The van der Waals surface area contributed by atoms with Gasteiger partial charge in [-0.3, -0.25) is 14.4 Å². The fourth-order valence-electron chi connectivity index (χ4n) is 3.61. The number of nitrogens with two attached hydrogens (primary N) is 1. The van der Waals surface area contributed by atoms with Crippen LogP contribution in [0.15, 0.2) is 6.33 Å². The molecule has 0 radical (unpaired) electrons. The summed E-state index contributed by atoms with van der Waals surface area (Å²) in [6.07, 6.45) is -1.71. The van der Waals surface area contributed by atoms with Crippen molar-refractivity contribution in [2.75, 3.05) is 32.1 Å². The average molecular weight is 488 g/mol. The van der Waals surface area contributed by atoms with Crippen LogP contribution in [0.4, 0.5) is 5.82 Å². The van der Waals surface area contributed by atoms with Crippen LogP contribution in [0.5, 0.6) is 0 Å². The fraction of sp³-hybridized carbons (Fsp3) is 0.647. The van der Waals surface area contributed by atoms with E-state index in [1.54, 1.807) is 4.57 Å². The van der Waals surface area contributed by atoms with Crippen molar-refractivity contribution in [3.8, 4) is 0 Å². The highest BCUT2D eigenvalue weighted by Gasteiger charge is 2.42. The van der Waals surface area contributed by atoms with Gasteiger partial charge in [0, 0.05) is 13.0 Å². The van der Waals surface area contributed by atoms with Crippen molar-refractivity contribution in [2.45, 2.75) is 43.9 Å². The van der Waals surface area contributed by atoms with Gasteiger partial charge in [0.05, 0.1) is 32.3 Å². The number of fused-ring (bicyclic) bond motifs is 1. The molecule has 0 aliphatic carbocycles. The minimum atomic E-state index is -4.95. The highest BCUT2D eigenvalue weighted by atomic mass is 31.2. The second kappa shape index (κ2) is 9.56. The number of esters is 1. The third-order valence-electron chi connectivity index (χ3n) is 5.14. The molecule has 6 N–H and O–H groups in total. The number of hydrogen-bond donors (Lipinski definition) is 5. The number of aliphatic hydroxyl groups is 1. The van der Waals surface area contributed by atoms with E-state index in [9.17, 15) is 24.3 Å². The van der Waals surface area contributed by atoms with Crippen molar-refractivity contribution in [1.82, 2.24) is 24.8 Å². The van der Waals surface area contributed by atoms with Crippen LogP contribution in [-0.4, -0.2) is 84.8 Å². The van der Waals surface area contributed by atoms with Gasteiger partial charge in [-0.15, -0.1) is 0 Å². The maximum Gasteiger partial charge on any atom is 0.365 e. The van der Waals surface area contributed by atoms with Crippen molar-refractivity contribution in [1.29, 1.82) is 0 Å². The molecular formula is C17H25N6O9P. The normalized spacial score (nSPS) is 26.7. The Hall–Kier alpha value is -2.23. The number of ether oxygens (including phenoxy) is 4. The highest BCUT2D eigenvalue weighted by molar-refractivity contribution is 7.53. The minimum Gasteiger partial charge on any atom is -0.464 e. The second-order valence-corrected chi connectivity index (χ2v) is 9.10. The van der Waals surface area contributed by atoms with Crippen molar-refractivity contribution in [2.24, 2.45) is 0 Å². The summed E-state index contributed by atoms with van der Waals surface area (Å²) in [5.74, 6) is -2.83. The van der Waals surface area contributed by atoms with Crippen LogP contribution in [-0.2, 0) is 28.3 Å². The lowest BCUT2D eigenvalue weighted by Gasteiger charge is -2.21. The van der Waals surface area contributed by atoms with Crippen molar-refractivity contribution in [3.63, 3.8) is 0 Å². The number of rotatable bonds is 8. The SMILES string of the molecule is CCOC(=O)C(OCC1OC(n2cnc3c(N)nc(C4NCCO4)nc32)CC1O)P(=O)(O)O. The molecule has 4 rings (SSSR count). The molecule has 5 unspecified atom stereocenters. The average Bonchev–Trinajstić information content (AvgIpc) is 3.47. The van der Waals surface area contributed by atoms with E-state index in [2.05, 4.69) is 25.0 Å². The molecule has 15 nitrogen and oxygen atoms in total. The van der Waals surface area contributed by atoms with Crippen LogP contribution in [0, 0.1) is 0 Å². The summed E-state index contributed by atoms with van der Waals surface area (Å²) in [5.41, 5.74) is 6.74. The van der Waals surface area contributed by atoms with Crippen LogP contribution >= 0.6 is 7.60 Å². The maximum absolute atomic E-state index is 11.9. The van der Waals surface area contributed by atoms with Gasteiger partial charge in [0.25, 0.3) is 5.85 Å². The van der Waals surface area contributed by atoms with Gasteiger partial charge in [-0.05, 0) is 6.92 Å². The Morgan fingerprint density at radius 1 is 1.45 bits per heavy atom. The predicted molar refractivity (Wildman–Crippen MR) is 109 cm³/mol. The van der Waals surface area contributed by atoms with Gasteiger partial charge >= 0.3 is 13.6 Å². The number of anilines is 1. The third-order valence-corrected chi connectivity index (χ3v) is 6.11. The summed E-state index contributed by atoms with van der Waals surface area (Å²) in [7, 11) is -4.95. The standard InChI is InChI=1S/C17H25N6O9P/c1-2-29-16(25)17(33(26,27)28)31-6-9-8(24)5-10(32-9)23-7-20-11-12(18)21-13(22-14(11)23)15-19-3-4-30-15/h7-10,15,17,19,24H,2-6H2,1H3,(H2,18,21,22)(H2,26,27,28). The molecule has 4 heterocycles. The lowest BCUT2D eigenvalue weighted by Crippen LogP contribution is -2.33. The van der Waals surface area contributed by atoms with Crippen molar-refractivity contribution < 1.29 is 43.2 Å². The maximum atomic E-state index is 11.9. The van der Waals surface area contributed by atoms with E-state index in [1.807, 2.05) is 0 Å². The van der Waals surface area contributed by atoms with Crippen molar-refractivity contribution in [3.05, 3.63) is 12.2 Å². The Morgan fingerprint density at radius 3 is 2.91 bits per heavy atom. The van der Waals surface area contributed by atoms with E-state index in [0.717, 1.165) is 0 Å². The number of nitrogen functional groups attached to an aromatic ring is 1. The van der Waals surface area contributed by atoms with E-state index >= 15 is 0 Å². The van der Waals surface area contributed by atoms with Crippen LogP contribution < -0.4 is 11.1 Å². The lowest BCUT2D eigenvalue weighted by molar-refractivity contribution is -0.155. The topological polar surface area (TPSA) is 213 Å². The summed E-state index contributed by atoms with van der Waals surface area (Å²) < 4.78 is 34.3. The first-order valence-electron chi connectivity index (χ1n) is 10.2. The summed E-state index contributed by atoms with van der Waals surface area (Å²) in [5, 5.41) is 13.5. The van der Waals surface area contributed by atoms with Gasteiger partial charge in [-0.2, -0.15) is 0 Å². The molecular weight excluding hydrogens is 463 g/mol. The molecule has 2 fully saturated rings. The van der Waals surface area contributed by atoms with E-state index in [4.69, 9.17) is 19.9 Å². The number of nitrogens with zero attached hydrogens (tertiary/aromatic N) is 4. The van der Waals surface area contributed by atoms with Crippen LogP contribution in [0.3, 0.4) is 0 Å². The number of carbonyl (C=O) groups excluding carboxylic acids is 1. The Bertz CT molecular complexity index is 1060. The van der Waals surface area contributed by atoms with Gasteiger partial charge < -0.3 is 39.6 Å². The smallest absolute Gasteiger partial charge is 0.365 e. The first-order chi connectivity index (χ1) is 15.7. The minimum absolute atomic E-state index is 0.0780. The lowest BCUT2D eigenvalue weighted by atomic mass is 10.2. The summed E-state index contributed by atoms with van der Waals surface area (Å²) in [6, 6.07) is 0. The van der Waals surface area contributed by atoms with E-state index in [-0.39, 0.29) is 18.8 Å². The Morgan fingerprint density at radius 2 is 2.24 bits per heavy atom. The van der Waals surface area contributed by atoms with E-state index < -0.39 is 50.7 Å². The summed E-state index contributed by atoms with van der Waals surface area (Å²) >= 11 is 0. The van der Waals surface area contributed by atoms with Crippen molar-refractivity contribution >= 4 is 30.5 Å².